The number of rotatable bonds is 4. The second kappa shape index (κ2) is 8.74. The molecule has 2 heterocycles. The van der Waals surface area contributed by atoms with E-state index in [-0.39, 0.29) is 30.8 Å². The van der Waals surface area contributed by atoms with E-state index in [0.717, 1.165) is 11.1 Å². The molecule has 2 aliphatic heterocycles. The van der Waals surface area contributed by atoms with Gasteiger partial charge in [-0.05, 0) is 36.5 Å². The molecule has 0 bridgehead atoms. The van der Waals surface area contributed by atoms with Gasteiger partial charge in [-0.1, -0.05) is 48.5 Å². The average molecular weight is 435 g/mol. The lowest BCUT2D eigenvalue weighted by Gasteiger charge is -2.34. The van der Waals surface area contributed by atoms with Crippen molar-refractivity contribution < 1.29 is 14.4 Å². The largest absolute Gasteiger partial charge is 0.348 e. The molecule has 168 valence electrons. The number of benzene rings is 2. The van der Waals surface area contributed by atoms with Gasteiger partial charge < -0.3 is 20.9 Å². The van der Waals surface area contributed by atoms with Crippen molar-refractivity contribution in [1.82, 2.24) is 15.1 Å². The summed E-state index contributed by atoms with van der Waals surface area (Å²) in [7, 11) is 3.41. The fourth-order valence-corrected chi connectivity index (χ4v) is 4.95. The van der Waals surface area contributed by atoms with Crippen LogP contribution in [-0.2, 0) is 22.4 Å². The maximum absolute atomic E-state index is 13.3. The molecule has 3 N–H and O–H groups in total. The van der Waals surface area contributed by atoms with E-state index in [1.165, 1.54) is 4.90 Å². The highest BCUT2D eigenvalue weighted by atomic mass is 16.2. The van der Waals surface area contributed by atoms with Crippen LogP contribution in [0.2, 0.25) is 0 Å². The second-order valence-electron chi connectivity index (χ2n) is 9.07. The fourth-order valence-electron chi connectivity index (χ4n) is 4.95. The van der Waals surface area contributed by atoms with Crippen LogP contribution in [0.15, 0.2) is 54.6 Å². The quantitative estimate of drug-likeness (QED) is 0.756. The minimum Gasteiger partial charge on any atom is -0.348 e. The van der Waals surface area contributed by atoms with Crippen LogP contribution >= 0.6 is 0 Å². The van der Waals surface area contributed by atoms with Crippen LogP contribution in [0.4, 0.5) is 0 Å². The Morgan fingerprint density at radius 2 is 1.84 bits per heavy atom. The van der Waals surface area contributed by atoms with Crippen LogP contribution in [0.25, 0.3) is 0 Å². The summed E-state index contributed by atoms with van der Waals surface area (Å²) < 4.78 is 0. The van der Waals surface area contributed by atoms with E-state index in [2.05, 4.69) is 5.32 Å². The van der Waals surface area contributed by atoms with Gasteiger partial charge in [-0.2, -0.15) is 0 Å². The van der Waals surface area contributed by atoms with Crippen molar-refractivity contribution in [2.75, 3.05) is 27.2 Å². The monoisotopic (exact) mass is 434 g/mol. The highest BCUT2D eigenvalue weighted by Gasteiger charge is 2.53. The SMILES string of the molecule is CN(C)C(=O)[C@H]1CN(C(=O)C(N)Cc2ccccc2)C[C@@]12CCc1ccccc1C(=O)N2. The molecule has 1 unspecified atom stereocenters. The summed E-state index contributed by atoms with van der Waals surface area (Å²) in [6, 6.07) is 16.5. The number of nitrogens with zero attached hydrogens (tertiary/aromatic N) is 2. The zero-order valence-electron chi connectivity index (χ0n) is 18.6. The number of nitrogens with one attached hydrogen (secondary N) is 1. The topological polar surface area (TPSA) is 95.7 Å². The predicted octanol–water partition coefficient (Wildman–Crippen LogP) is 1.22. The van der Waals surface area contributed by atoms with Crippen LogP contribution in [-0.4, -0.2) is 66.3 Å². The Hall–Kier alpha value is -3.19. The normalized spacial score (nSPS) is 23.3. The highest BCUT2D eigenvalue weighted by molar-refractivity contribution is 5.97. The molecule has 2 aromatic carbocycles. The molecule has 4 rings (SSSR count). The van der Waals surface area contributed by atoms with Crippen molar-refractivity contribution in [1.29, 1.82) is 0 Å². The van der Waals surface area contributed by atoms with Crippen LogP contribution < -0.4 is 11.1 Å². The maximum Gasteiger partial charge on any atom is 0.252 e. The molecule has 0 saturated carbocycles. The Bertz CT molecular complexity index is 1020. The van der Waals surface area contributed by atoms with Crippen molar-refractivity contribution >= 4 is 17.7 Å². The zero-order valence-corrected chi connectivity index (χ0v) is 18.6. The molecule has 2 aliphatic rings. The molecule has 3 atom stereocenters. The third kappa shape index (κ3) is 4.12. The van der Waals surface area contributed by atoms with E-state index < -0.39 is 17.5 Å². The van der Waals surface area contributed by atoms with Crippen molar-refractivity contribution in [2.45, 2.75) is 30.8 Å². The van der Waals surface area contributed by atoms with E-state index in [1.54, 1.807) is 25.1 Å². The zero-order chi connectivity index (χ0) is 22.9. The Kier molecular flexibility index (Phi) is 6.02. The molecule has 1 saturated heterocycles. The first-order chi connectivity index (χ1) is 15.3. The number of hydrogen-bond acceptors (Lipinski definition) is 4. The summed E-state index contributed by atoms with van der Waals surface area (Å²) in [5, 5.41) is 3.15. The summed E-state index contributed by atoms with van der Waals surface area (Å²) >= 11 is 0. The number of hydrogen-bond donors (Lipinski definition) is 2. The van der Waals surface area contributed by atoms with Crippen molar-refractivity contribution in [3.05, 3.63) is 71.3 Å². The standard InChI is InChI=1S/C25H30N4O3/c1-28(2)23(31)20-15-29(24(32)21(26)14-17-8-4-3-5-9-17)16-25(20)13-12-18-10-6-7-11-19(18)22(30)27-25/h3-11,20-21H,12-16,26H2,1-2H3,(H,27,30)/t20-,21?,25+/m1/s1. The molecular weight excluding hydrogens is 404 g/mol. The highest BCUT2D eigenvalue weighted by Crippen LogP contribution is 2.36. The van der Waals surface area contributed by atoms with E-state index in [1.807, 2.05) is 48.5 Å². The number of nitrogens with two attached hydrogens (primary N) is 1. The van der Waals surface area contributed by atoms with E-state index in [9.17, 15) is 14.4 Å². The molecule has 1 fully saturated rings. The Morgan fingerprint density at radius 1 is 1.16 bits per heavy atom. The van der Waals surface area contributed by atoms with E-state index in [0.29, 0.717) is 24.8 Å². The maximum atomic E-state index is 13.3. The first-order valence-corrected chi connectivity index (χ1v) is 11.0. The molecule has 3 amide bonds. The molecule has 32 heavy (non-hydrogen) atoms. The summed E-state index contributed by atoms with van der Waals surface area (Å²) in [6.07, 6.45) is 1.66. The number of aryl methyl sites for hydroxylation is 1. The van der Waals surface area contributed by atoms with Crippen molar-refractivity contribution in [2.24, 2.45) is 11.7 Å². The lowest BCUT2D eigenvalue weighted by atomic mass is 9.81. The Balaban J connectivity index is 1.59. The van der Waals surface area contributed by atoms with Crippen LogP contribution in [0.3, 0.4) is 0 Å². The number of amides is 3. The van der Waals surface area contributed by atoms with Gasteiger partial charge in [0, 0.05) is 32.7 Å². The third-order valence-corrected chi connectivity index (χ3v) is 6.67. The molecule has 1 spiro atoms. The van der Waals surface area contributed by atoms with Gasteiger partial charge in [0.25, 0.3) is 5.91 Å². The Labute approximate surface area is 188 Å². The number of fused-ring (bicyclic) bond motifs is 1. The van der Waals surface area contributed by atoms with Gasteiger partial charge in [0.1, 0.15) is 0 Å². The van der Waals surface area contributed by atoms with Crippen molar-refractivity contribution in [3.63, 3.8) is 0 Å². The van der Waals surface area contributed by atoms with Gasteiger partial charge in [-0.25, -0.2) is 0 Å². The average Bonchev–Trinajstić information content (AvgIpc) is 3.09. The summed E-state index contributed by atoms with van der Waals surface area (Å²) in [5.74, 6) is -1.01. The number of likely N-dealkylation sites (tertiary alicyclic amines) is 1. The van der Waals surface area contributed by atoms with Gasteiger partial charge in [0.05, 0.1) is 17.5 Å². The van der Waals surface area contributed by atoms with Crippen LogP contribution in [0, 0.1) is 5.92 Å². The second-order valence-corrected chi connectivity index (χ2v) is 9.07. The molecule has 7 nitrogen and oxygen atoms in total. The number of carbonyl (C=O) groups is 3. The molecule has 2 aromatic rings. The summed E-state index contributed by atoms with van der Waals surface area (Å²) in [6.45, 7) is 0.521. The summed E-state index contributed by atoms with van der Waals surface area (Å²) in [5.41, 5.74) is 8.04. The fraction of sp³-hybridized carbons (Fsp3) is 0.400. The van der Waals surface area contributed by atoms with Gasteiger partial charge in [-0.3, -0.25) is 14.4 Å². The van der Waals surface area contributed by atoms with Gasteiger partial charge in [-0.15, -0.1) is 0 Å². The van der Waals surface area contributed by atoms with Crippen LogP contribution in [0.1, 0.15) is 27.9 Å². The molecular formula is C25H30N4O3. The molecule has 0 radical (unpaired) electrons. The van der Waals surface area contributed by atoms with Gasteiger partial charge >= 0.3 is 0 Å². The predicted molar refractivity (Wildman–Crippen MR) is 122 cm³/mol. The van der Waals surface area contributed by atoms with Crippen molar-refractivity contribution in [3.8, 4) is 0 Å². The summed E-state index contributed by atoms with van der Waals surface area (Å²) in [4.78, 5) is 42.7. The van der Waals surface area contributed by atoms with Gasteiger partial charge in [0.15, 0.2) is 0 Å². The van der Waals surface area contributed by atoms with E-state index >= 15 is 0 Å². The lowest BCUT2D eigenvalue weighted by molar-refractivity contribution is -0.135. The van der Waals surface area contributed by atoms with E-state index in [4.69, 9.17) is 5.73 Å². The van der Waals surface area contributed by atoms with Crippen LogP contribution in [0.5, 0.6) is 0 Å². The lowest BCUT2D eigenvalue weighted by Crippen LogP contribution is -2.57. The first kappa shape index (κ1) is 22.0. The Morgan fingerprint density at radius 3 is 2.56 bits per heavy atom. The van der Waals surface area contributed by atoms with Gasteiger partial charge in [0.2, 0.25) is 11.8 Å². The molecule has 0 aromatic heterocycles. The molecule has 7 heteroatoms. The minimum atomic E-state index is -0.820. The first-order valence-electron chi connectivity index (χ1n) is 11.0. The molecule has 0 aliphatic carbocycles. The minimum absolute atomic E-state index is 0.0943. The third-order valence-electron chi connectivity index (χ3n) is 6.67. The smallest absolute Gasteiger partial charge is 0.252 e. The number of carbonyl (C=O) groups excluding carboxylic acids is 3.